The number of hydrogen-bond donors (Lipinski definition) is 0. The van der Waals surface area contributed by atoms with Crippen LogP contribution in [0.4, 0.5) is 10.1 Å². The van der Waals surface area contributed by atoms with Gasteiger partial charge >= 0.3 is 0 Å². The van der Waals surface area contributed by atoms with E-state index in [9.17, 15) is 14.0 Å². The Morgan fingerprint density at radius 2 is 1.44 bits per heavy atom. The molecule has 4 rings (SSSR count). The quantitative estimate of drug-likeness (QED) is 0.664. The van der Waals surface area contributed by atoms with Gasteiger partial charge in [-0.15, -0.1) is 0 Å². The minimum atomic E-state index is -0.396. The molecule has 1 fully saturated rings. The molecule has 2 aliphatic rings. The average molecular weight is 437 g/mol. The van der Waals surface area contributed by atoms with Crippen LogP contribution in [0.3, 0.4) is 0 Å². The van der Waals surface area contributed by atoms with Crippen LogP contribution in [0.1, 0.15) is 45.7 Å². The van der Waals surface area contributed by atoms with Crippen molar-refractivity contribution in [1.82, 2.24) is 4.90 Å². The summed E-state index contributed by atoms with van der Waals surface area (Å²) in [4.78, 5) is 30.4. The number of carbonyl (C=O) groups excluding carboxylic acids is 2. The van der Waals surface area contributed by atoms with Gasteiger partial charge in [0.1, 0.15) is 11.5 Å². The summed E-state index contributed by atoms with van der Waals surface area (Å²) in [5, 5.41) is 0. The first-order chi connectivity index (χ1) is 15.1. The van der Waals surface area contributed by atoms with Gasteiger partial charge in [0.25, 0.3) is 11.8 Å². The number of anilines is 1. The van der Waals surface area contributed by atoms with Gasteiger partial charge in [-0.3, -0.25) is 9.59 Å². The first-order valence-electron chi connectivity index (χ1n) is 11.0. The van der Waals surface area contributed by atoms with E-state index in [-0.39, 0.29) is 23.5 Å². The SMILES string of the molecule is CC1CN(C2=C(c3ccc(F)cc3)C(=O)N(c3ccc(C(C)(C)C)cc3)C2=O)CC(C)O1. The van der Waals surface area contributed by atoms with E-state index in [1.165, 1.54) is 17.0 Å². The van der Waals surface area contributed by atoms with Crippen molar-refractivity contribution in [3.05, 3.63) is 71.2 Å². The van der Waals surface area contributed by atoms with E-state index >= 15 is 0 Å². The second-order valence-corrected chi connectivity index (χ2v) is 9.64. The molecule has 0 radical (unpaired) electrons. The standard InChI is InChI=1S/C26H29FN2O3/c1-16-14-28(15-17(2)32-16)23-22(18-6-10-20(27)11-7-18)24(30)29(25(23)31)21-12-8-19(9-13-21)26(3,4)5/h6-13,16-17H,14-15H2,1-5H3. The highest BCUT2D eigenvalue weighted by Crippen LogP contribution is 2.36. The number of carbonyl (C=O) groups is 2. The van der Waals surface area contributed by atoms with Crippen molar-refractivity contribution < 1.29 is 18.7 Å². The summed E-state index contributed by atoms with van der Waals surface area (Å²) < 4.78 is 19.4. The van der Waals surface area contributed by atoms with E-state index in [2.05, 4.69) is 20.8 Å². The molecule has 168 valence electrons. The molecule has 2 heterocycles. The molecule has 2 atom stereocenters. The minimum absolute atomic E-state index is 0.0414. The largest absolute Gasteiger partial charge is 0.372 e. The Hall–Kier alpha value is -2.99. The van der Waals surface area contributed by atoms with Crippen molar-refractivity contribution in [2.45, 2.75) is 52.2 Å². The lowest BCUT2D eigenvalue weighted by Gasteiger charge is -2.37. The molecule has 2 unspecified atom stereocenters. The van der Waals surface area contributed by atoms with Crippen LogP contribution in [-0.2, 0) is 19.7 Å². The van der Waals surface area contributed by atoms with Crippen molar-refractivity contribution in [3.8, 4) is 0 Å². The van der Waals surface area contributed by atoms with Gasteiger partial charge in [0.15, 0.2) is 0 Å². The maximum absolute atomic E-state index is 13.7. The fraction of sp³-hybridized carbons (Fsp3) is 0.385. The Kier molecular flexibility index (Phi) is 5.67. The maximum Gasteiger partial charge on any atom is 0.282 e. The van der Waals surface area contributed by atoms with Crippen LogP contribution in [0.5, 0.6) is 0 Å². The molecular weight excluding hydrogens is 407 g/mol. The van der Waals surface area contributed by atoms with Gasteiger partial charge < -0.3 is 9.64 Å². The topological polar surface area (TPSA) is 49.9 Å². The highest BCUT2D eigenvalue weighted by molar-refractivity contribution is 6.45. The van der Waals surface area contributed by atoms with Crippen molar-refractivity contribution in [1.29, 1.82) is 0 Å². The molecular formula is C26H29FN2O3. The van der Waals surface area contributed by atoms with Crippen molar-refractivity contribution in [2.75, 3.05) is 18.0 Å². The molecule has 0 aliphatic carbocycles. The molecule has 2 aromatic rings. The van der Waals surface area contributed by atoms with Gasteiger partial charge in [-0.2, -0.15) is 0 Å². The molecule has 0 saturated carbocycles. The summed E-state index contributed by atoms with van der Waals surface area (Å²) in [6, 6.07) is 13.2. The molecule has 2 aromatic carbocycles. The third-order valence-electron chi connectivity index (χ3n) is 5.92. The van der Waals surface area contributed by atoms with Crippen LogP contribution < -0.4 is 4.90 Å². The van der Waals surface area contributed by atoms with Crippen LogP contribution in [-0.4, -0.2) is 42.0 Å². The van der Waals surface area contributed by atoms with E-state index in [1.807, 2.05) is 43.0 Å². The lowest BCUT2D eigenvalue weighted by Crippen LogP contribution is -2.47. The van der Waals surface area contributed by atoms with E-state index < -0.39 is 11.7 Å². The Labute approximate surface area is 188 Å². The summed E-state index contributed by atoms with van der Waals surface area (Å²) in [6.45, 7) is 11.2. The van der Waals surface area contributed by atoms with Crippen LogP contribution >= 0.6 is 0 Å². The molecule has 2 amide bonds. The number of imide groups is 1. The highest BCUT2D eigenvalue weighted by Gasteiger charge is 2.44. The van der Waals surface area contributed by atoms with Crippen LogP contribution in [0.15, 0.2) is 54.2 Å². The van der Waals surface area contributed by atoms with Gasteiger partial charge in [0.05, 0.1) is 23.5 Å². The van der Waals surface area contributed by atoms with Crippen LogP contribution in [0.2, 0.25) is 0 Å². The number of benzene rings is 2. The second kappa shape index (κ2) is 8.17. The third kappa shape index (κ3) is 4.07. The van der Waals surface area contributed by atoms with Gasteiger partial charge in [-0.1, -0.05) is 45.0 Å². The van der Waals surface area contributed by atoms with E-state index in [1.54, 1.807) is 12.1 Å². The Bertz CT molecular complexity index is 1060. The summed E-state index contributed by atoms with van der Waals surface area (Å²) >= 11 is 0. The van der Waals surface area contributed by atoms with Crippen LogP contribution in [0, 0.1) is 5.82 Å². The lowest BCUT2D eigenvalue weighted by molar-refractivity contribution is -0.121. The second-order valence-electron chi connectivity index (χ2n) is 9.64. The highest BCUT2D eigenvalue weighted by atomic mass is 19.1. The molecule has 0 spiro atoms. The molecule has 0 bridgehead atoms. The molecule has 0 aromatic heterocycles. The van der Waals surface area contributed by atoms with Crippen LogP contribution in [0.25, 0.3) is 5.57 Å². The number of halogens is 1. The zero-order chi connectivity index (χ0) is 23.2. The Morgan fingerprint density at radius 3 is 1.97 bits per heavy atom. The monoisotopic (exact) mass is 436 g/mol. The Morgan fingerprint density at radius 1 is 0.875 bits per heavy atom. The zero-order valence-electron chi connectivity index (χ0n) is 19.2. The van der Waals surface area contributed by atoms with Gasteiger partial charge in [-0.25, -0.2) is 9.29 Å². The smallest absolute Gasteiger partial charge is 0.282 e. The van der Waals surface area contributed by atoms with E-state index in [0.717, 1.165) is 5.56 Å². The molecule has 1 saturated heterocycles. The summed E-state index contributed by atoms with van der Waals surface area (Å²) in [5.41, 5.74) is 2.78. The molecule has 32 heavy (non-hydrogen) atoms. The third-order valence-corrected chi connectivity index (χ3v) is 5.92. The normalized spacial score (nSPS) is 22.2. The minimum Gasteiger partial charge on any atom is -0.372 e. The number of amides is 2. The number of hydrogen-bond acceptors (Lipinski definition) is 4. The first kappa shape index (κ1) is 22.2. The fourth-order valence-electron chi connectivity index (χ4n) is 4.39. The number of ether oxygens (including phenoxy) is 1. The molecule has 0 N–H and O–H groups in total. The molecule has 6 heteroatoms. The average Bonchev–Trinajstić information content (AvgIpc) is 2.97. The number of nitrogens with zero attached hydrogens (tertiary/aromatic N) is 2. The molecule has 5 nitrogen and oxygen atoms in total. The van der Waals surface area contributed by atoms with Gasteiger partial charge in [0.2, 0.25) is 0 Å². The van der Waals surface area contributed by atoms with Crippen molar-refractivity contribution >= 4 is 23.1 Å². The predicted molar refractivity (Wildman–Crippen MR) is 123 cm³/mol. The summed E-state index contributed by atoms with van der Waals surface area (Å²) in [6.07, 6.45) is -0.160. The summed E-state index contributed by atoms with van der Waals surface area (Å²) in [5.74, 6) is -1.15. The Balaban J connectivity index is 1.78. The predicted octanol–water partition coefficient (Wildman–Crippen LogP) is 4.52. The van der Waals surface area contributed by atoms with E-state index in [4.69, 9.17) is 4.74 Å². The fourth-order valence-corrected chi connectivity index (χ4v) is 4.39. The molecule has 2 aliphatic heterocycles. The zero-order valence-corrected chi connectivity index (χ0v) is 19.2. The maximum atomic E-state index is 13.7. The number of rotatable bonds is 3. The van der Waals surface area contributed by atoms with Gasteiger partial charge in [-0.05, 0) is 54.7 Å². The lowest BCUT2D eigenvalue weighted by atomic mass is 9.87. The first-order valence-corrected chi connectivity index (χ1v) is 11.0. The summed E-state index contributed by atoms with van der Waals surface area (Å²) in [7, 11) is 0. The van der Waals surface area contributed by atoms with Crippen molar-refractivity contribution in [2.24, 2.45) is 0 Å². The van der Waals surface area contributed by atoms with Gasteiger partial charge in [0, 0.05) is 13.1 Å². The van der Waals surface area contributed by atoms with Crippen molar-refractivity contribution in [3.63, 3.8) is 0 Å². The van der Waals surface area contributed by atoms with E-state index in [0.29, 0.717) is 35.6 Å². The number of morpholine rings is 1.